The molecule has 0 saturated carbocycles. The van der Waals surface area contributed by atoms with E-state index in [9.17, 15) is 19.7 Å². The van der Waals surface area contributed by atoms with Gasteiger partial charge in [-0.05, 0) is 31.2 Å². The number of fused-ring (bicyclic) bond motifs is 1. The highest BCUT2D eigenvalue weighted by atomic mass is 16.6. The lowest BCUT2D eigenvalue weighted by Crippen LogP contribution is -2.29. The number of ketones is 1. The SMILES string of the molecule is CCOC(=O)Cn1c(C)c(Cc2ccccc2[N+](=O)[O-])c2c1CC(C)(C)CC2=O. The van der Waals surface area contributed by atoms with Gasteiger partial charge in [-0.3, -0.25) is 19.7 Å². The molecule has 7 heteroatoms. The number of carbonyl (C=O) groups excluding carboxylic acids is 2. The lowest BCUT2D eigenvalue weighted by molar-refractivity contribution is -0.385. The smallest absolute Gasteiger partial charge is 0.325 e. The topological polar surface area (TPSA) is 91.4 Å². The molecule has 1 aromatic heterocycles. The highest BCUT2D eigenvalue weighted by Crippen LogP contribution is 2.40. The third kappa shape index (κ3) is 4.09. The predicted octanol–water partition coefficient (Wildman–Crippen LogP) is 4.01. The summed E-state index contributed by atoms with van der Waals surface area (Å²) in [5.74, 6) is -0.336. The molecular weight excluding hydrogens is 372 g/mol. The molecule has 2 aromatic rings. The lowest BCUT2D eigenvalue weighted by Gasteiger charge is -2.30. The Morgan fingerprint density at radius 1 is 1.28 bits per heavy atom. The number of esters is 1. The summed E-state index contributed by atoms with van der Waals surface area (Å²) in [4.78, 5) is 36.3. The Hall–Kier alpha value is -2.96. The quantitative estimate of drug-likeness (QED) is 0.416. The number of benzene rings is 1. The van der Waals surface area contributed by atoms with Crippen LogP contribution in [0.15, 0.2) is 24.3 Å². The van der Waals surface area contributed by atoms with Crippen molar-refractivity contribution in [1.82, 2.24) is 4.57 Å². The van der Waals surface area contributed by atoms with Crippen molar-refractivity contribution < 1.29 is 19.2 Å². The molecule has 1 aliphatic carbocycles. The summed E-state index contributed by atoms with van der Waals surface area (Å²) in [6, 6.07) is 6.57. The van der Waals surface area contributed by atoms with Gasteiger partial charge < -0.3 is 9.30 Å². The monoisotopic (exact) mass is 398 g/mol. The summed E-state index contributed by atoms with van der Waals surface area (Å²) in [5.41, 5.74) is 3.36. The minimum absolute atomic E-state index is 0.0237. The number of para-hydroxylation sites is 1. The number of nitro benzene ring substituents is 1. The number of nitro groups is 1. The van der Waals surface area contributed by atoms with Crippen LogP contribution in [0.1, 0.15) is 60.1 Å². The largest absolute Gasteiger partial charge is 0.465 e. The number of Topliss-reactive ketones (excluding diaryl/α,β-unsaturated/α-hetero) is 1. The first-order valence-electron chi connectivity index (χ1n) is 9.76. The first kappa shape index (κ1) is 20.8. The van der Waals surface area contributed by atoms with Gasteiger partial charge in [-0.15, -0.1) is 0 Å². The number of rotatable bonds is 6. The predicted molar refractivity (Wildman–Crippen MR) is 108 cm³/mol. The molecule has 0 atom stereocenters. The van der Waals surface area contributed by atoms with E-state index in [4.69, 9.17) is 4.74 Å². The highest BCUT2D eigenvalue weighted by molar-refractivity contribution is 6.01. The second-order valence-corrected chi connectivity index (χ2v) is 8.28. The Bertz CT molecular complexity index is 987. The molecule has 1 heterocycles. The minimum atomic E-state index is -0.405. The third-order valence-corrected chi connectivity index (χ3v) is 5.47. The van der Waals surface area contributed by atoms with Gasteiger partial charge in [-0.1, -0.05) is 32.0 Å². The molecule has 0 spiro atoms. The zero-order valence-electron chi connectivity index (χ0n) is 17.3. The van der Waals surface area contributed by atoms with Crippen LogP contribution >= 0.6 is 0 Å². The van der Waals surface area contributed by atoms with Crippen molar-refractivity contribution >= 4 is 17.4 Å². The van der Waals surface area contributed by atoms with Crippen molar-refractivity contribution in [1.29, 1.82) is 0 Å². The molecule has 154 valence electrons. The van der Waals surface area contributed by atoms with Gasteiger partial charge in [-0.25, -0.2) is 0 Å². The van der Waals surface area contributed by atoms with Crippen LogP contribution in [0.3, 0.4) is 0 Å². The van der Waals surface area contributed by atoms with Crippen molar-refractivity contribution in [2.45, 2.75) is 53.5 Å². The molecule has 0 fully saturated rings. The van der Waals surface area contributed by atoms with Crippen molar-refractivity contribution in [3.63, 3.8) is 0 Å². The van der Waals surface area contributed by atoms with Gasteiger partial charge in [0.25, 0.3) is 5.69 Å². The van der Waals surface area contributed by atoms with Crippen LogP contribution in [-0.2, 0) is 28.9 Å². The molecular formula is C22H26N2O5. The molecule has 1 aromatic carbocycles. The van der Waals surface area contributed by atoms with Crippen molar-refractivity contribution in [3.05, 3.63) is 62.5 Å². The summed E-state index contributed by atoms with van der Waals surface area (Å²) in [5, 5.41) is 11.4. The van der Waals surface area contributed by atoms with Gasteiger partial charge in [0, 0.05) is 41.4 Å². The Labute approximate surface area is 169 Å². The zero-order chi connectivity index (χ0) is 21.3. The molecule has 0 unspecified atom stereocenters. The summed E-state index contributed by atoms with van der Waals surface area (Å²) in [7, 11) is 0. The fraction of sp³-hybridized carbons (Fsp3) is 0.455. The molecule has 0 aliphatic heterocycles. The molecule has 0 radical (unpaired) electrons. The number of carbonyl (C=O) groups is 2. The van der Waals surface area contributed by atoms with Crippen LogP contribution in [0.25, 0.3) is 0 Å². The second-order valence-electron chi connectivity index (χ2n) is 8.28. The average molecular weight is 398 g/mol. The van der Waals surface area contributed by atoms with E-state index in [0.29, 0.717) is 24.0 Å². The summed E-state index contributed by atoms with van der Waals surface area (Å²) in [6.07, 6.45) is 1.34. The van der Waals surface area contributed by atoms with Gasteiger partial charge in [0.2, 0.25) is 0 Å². The highest BCUT2D eigenvalue weighted by Gasteiger charge is 2.37. The van der Waals surface area contributed by atoms with Crippen molar-refractivity contribution in [2.24, 2.45) is 5.41 Å². The van der Waals surface area contributed by atoms with Crippen LogP contribution in [0.5, 0.6) is 0 Å². The molecule has 29 heavy (non-hydrogen) atoms. The van der Waals surface area contributed by atoms with E-state index < -0.39 is 4.92 Å². The van der Waals surface area contributed by atoms with E-state index in [-0.39, 0.29) is 42.4 Å². The first-order valence-corrected chi connectivity index (χ1v) is 9.76. The number of ether oxygens (including phenoxy) is 1. The van der Waals surface area contributed by atoms with Crippen LogP contribution < -0.4 is 0 Å². The van der Waals surface area contributed by atoms with E-state index in [2.05, 4.69) is 0 Å². The third-order valence-electron chi connectivity index (χ3n) is 5.47. The maximum Gasteiger partial charge on any atom is 0.325 e. The summed E-state index contributed by atoms with van der Waals surface area (Å²) < 4.78 is 6.97. The summed E-state index contributed by atoms with van der Waals surface area (Å²) in [6.45, 7) is 8.00. The number of aromatic nitrogens is 1. The zero-order valence-corrected chi connectivity index (χ0v) is 17.3. The van der Waals surface area contributed by atoms with E-state index >= 15 is 0 Å². The maximum absolute atomic E-state index is 13.0. The number of hydrogen-bond acceptors (Lipinski definition) is 5. The van der Waals surface area contributed by atoms with E-state index in [0.717, 1.165) is 17.0 Å². The Morgan fingerprint density at radius 3 is 2.62 bits per heavy atom. The van der Waals surface area contributed by atoms with E-state index in [1.807, 2.05) is 25.3 Å². The summed E-state index contributed by atoms with van der Waals surface area (Å²) >= 11 is 0. The standard InChI is InChI=1S/C22H26N2O5/c1-5-29-20(26)13-23-14(2)16(10-15-8-6-7-9-17(15)24(27)28)21-18(23)11-22(3,4)12-19(21)25/h6-9H,5,10-13H2,1-4H3. The van der Waals surface area contributed by atoms with Gasteiger partial charge in [0.05, 0.1) is 11.5 Å². The molecule has 7 nitrogen and oxygen atoms in total. The first-order chi connectivity index (χ1) is 13.6. The molecule has 0 saturated heterocycles. The Balaban J connectivity index is 2.13. The van der Waals surface area contributed by atoms with Gasteiger partial charge >= 0.3 is 5.97 Å². The van der Waals surface area contributed by atoms with Crippen LogP contribution in [-0.4, -0.2) is 27.8 Å². The number of nitrogens with zero attached hydrogens (tertiary/aromatic N) is 2. The van der Waals surface area contributed by atoms with Gasteiger partial charge in [0.1, 0.15) is 6.54 Å². The van der Waals surface area contributed by atoms with Crippen LogP contribution in [0, 0.1) is 22.5 Å². The van der Waals surface area contributed by atoms with Gasteiger partial charge in [0.15, 0.2) is 5.78 Å². The van der Waals surface area contributed by atoms with Gasteiger partial charge in [-0.2, -0.15) is 0 Å². The van der Waals surface area contributed by atoms with Crippen LogP contribution in [0.2, 0.25) is 0 Å². The second kappa shape index (κ2) is 7.81. The average Bonchev–Trinajstić information content (AvgIpc) is 2.87. The molecule has 0 bridgehead atoms. The number of hydrogen-bond donors (Lipinski definition) is 0. The Morgan fingerprint density at radius 2 is 1.97 bits per heavy atom. The molecule has 0 amide bonds. The van der Waals surface area contributed by atoms with Crippen molar-refractivity contribution in [3.8, 4) is 0 Å². The van der Waals surface area contributed by atoms with Crippen molar-refractivity contribution in [2.75, 3.05) is 6.61 Å². The fourth-order valence-electron chi connectivity index (χ4n) is 4.20. The van der Waals surface area contributed by atoms with E-state index in [1.165, 1.54) is 6.07 Å². The maximum atomic E-state index is 13.0. The molecule has 3 rings (SSSR count). The van der Waals surface area contributed by atoms with E-state index in [1.54, 1.807) is 25.1 Å². The van der Waals surface area contributed by atoms with Crippen LogP contribution in [0.4, 0.5) is 5.69 Å². The Kier molecular flexibility index (Phi) is 5.59. The normalized spacial score (nSPS) is 15.1. The molecule has 1 aliphatic rings. The molecule has 0 N–H and O–H groups in total. The fourth-order valence-corrected chi connectivity index (χ4v) is 4.20. The minimum Gasteiger partial charge on any atom is -0.465 e. The lowest BCUT2D eigenvalue weighted by atomic mass is 9.75.